The molecule has 5 heteroatoms. The van der Waals surface area contributed by atoms with Gasteiger partial charge in [0.05, 0.1) is 0 Å². The van der Waals surface area contributed by atoms with Crippen molar-refractivity contribution in [3.05, 3.63) is 34.2 Å². The molecule has 1 atom stereocenters. The van der Waals surface area contributed by atoms with E-state index in [1.807, 2.05) is 4.90 Å². The number of nitrogens with zero attached hydrogens (tertiary/aromatic N) is 2. The molecular weight excluding hydrogens is 230 g/mol. The van der Waals surface area contributed by atoms with Crippen LogP contribution in [0.3, 0.4) is 0 Å². The van der Waals surface area contributed by atoms with E-state index in [-0.39, 0.29) is 16.9 Å². The van der Waals surface area contributed by atoms with Gasteiger partial charge in [-0.1, -0.05) is 0 Å². The number of aromatic nitrogens is 1. The summed E-state index contributed by atoms with van der Waals surface area (Å²) in [6.07, 6.45) is 5.44. The third-order valence-corrected chi connectivity index (χ3v) is 3.93. The molecule has 18 heavy (non-hydrogen) atoms. The number of carbonyl (C=O) groups is 1. The van der Waals surface area contributed by atoms with Crippen LogP contribution in [0.1, 0.15) is 23.2 Å². The van der Waals surface area contributed by atoms with Gasteiger partial charge in [0.25, 0.3) is 5.91 Å². The zero-order valence-corrected chi connectivity index (χ0v) is 10.3. The number of hydrogen-bond donors (Lipinski definition) is 1. The summed E-state index contributed by atoms with van der Waals surface area (Å²) in [5.41, 5.74) is 0.0524. The van der Waals surface area contributed by atoms with Crippen molar-refractivity contribution in [1.82, 2.24) is 14.8 Å². The Morgan fingerprint density at radius 3 is 3.06 bits per heavy atom. The molecule has 1 aromatic rings. The molecule has 1 unspecified atom stereocenters. The van der Waals surface area contributed by atoms with Crippen LogP contribution >= 0.6 is 0 Å². The monoisotopic (exact) mass is 247 g/mol. The fraction of sp³-hybridized carbons (Fsp3) is 0.538. The summed E-state index contributed by atoms with van der Waals surface area (Å²) in [4.78, 5) is 31.0. The van der Waals surface area contributed by atoms with Crippen LogP contribution in [-0.4, -0.2) is 52.9 Å². The van der Waals surface area contributed by atoms with Crippen LogP contribution in [0, 0.1) is 0 Å². The summed E-state index contributed by atoms with van der Waals surface area (Å²) in [6.45, 7) is 3.57. The first-order valence-corrected chi connectivity index (χ1v) is 6.46. The van der Waals surface area contributed by atoms with Gasteiger partial charge in [0, 0.05) is 44.1 Å². The normalized spacial score (nSPS) is 24.0. The number of nitrogens with one attached hydrogen (secondary N) is 1. The summed E-state index contributed by atoms with van der Waals surface area (Å²) >= 11 is 0. The van der Waals surface area contributed by atoms with Crippen LogP contribution in [0.5, 0.6) is 0 Å². The van der Waals surface area contributed by atoms with E-state index in [9.17, 15) is 9.59 Å². The lowest BCUT2D eigenvalue weighted by Gasteiger charge is -2.37. The molecule has 96 valence electrons. The van der Waals surface area contributed by atoms with Gasteiger partial charge in [-0.25, -0.2) is 0 Å². The Morgan fingerprint density at radius 1 is 1.33 bits per heavy atom. The fourth-order valence-electron chi connectivity index (χ4n) is 2.93. The third-order valence-electron chi connectivity index (χ3n) is 3.93. The number of aromatic amines is 1. The molecule has 1 amide bonds. The molecule has 2 fully saturated rings. The molecule has 5 nitrogen and oxygen atoms in total. The van der Waals surface area contributed by atoms with Crippen molar-refractivity contribution in [3.63, 3.8) is 0 Å². The Morgan fingerprint density at radius 2 is 2.22 bits per heavy atom. The molecule has 3 heterocycles. The highest BCUT2D eigenvalue weighted by Gasteiger charge is 2.33. The van der Waals surface area contributed by atoms with Gasteiger partial charge in [0.1, 0.15) is 5.56 Å². The zero-order chi connectivity index (χ0) is 12.5. The minimum Gasteiger partial charge on any atom is -0.367 e. The van der Waals surface area contributed by atoms with E-state index in [1.165, 1.54) is 18.7 Å². The Labute approximate surface area is 105 Å². The molecule has 0 saturated carbocycles. The SMILES string of the molecule is O=C(c1c[nH]ccc1=O)N1CCN2CCCC2C1. The molecule has 0 aliphatic carbocycles. The Balaban J connectivity index is 1.77. The van der Waals surface area contributed by atoms with Gasteiger partial charge in [-0.2, -0.15) is 0 Å². The molecule has 2 aliphatic heterocycles. The average Bonchev–Trinajstić information content (AvgIpc) is 2.85. The van der Waals surface area contributed by atoms with Gasteiger partial charge in [0.15, 0.2) is 5.43 Å². The quantitative estimate of drug-likeness (QED) is 0.776. The molecule has 0 aromatic carbocycles. The maximum absolute atomic E-state index is 12.3. The second kappa shape index (κ2) is 4.57. The highest BCUT2D eigenvalue weighted by Crippen LogP contribution is 2.21. The molecule has 1 aromatic heterocycles. The van der Waals surface area contributed by atoms with E-state index in [2.05, 4.69) is 9.88 Å². The predicted octanol–water partition coefficient (Wildman–Crippen LogP) is 0.295. The molecule has 2 saturated heterocycles. The number of hydrogen-bond acceptors (Lipinski definition) is 3. The summed E-state index contributed by atoms with van der Waals surface area (Å²) < 4.78 is 0. The number of H-pyrrole nitrogens is 1. The van der Waals surface area contributed by atoms with E-state index in [0.29, 0.717) is 6.04 Å². The van der Waals surface area contributed by atoms with Crippen molar-refractivity contribution in [2.45, 2.75) is 18.9 Å². The predicted molar refractivity (Wildman–Crippen MR) is 67.6 cm³/mol. The van der Waals surface area contributed by atoms with Gasteiger partial charge in [-0.05, 0) is 19.4 Å². The van der Waals surface area contributed by atoms with E-state index < -0.39 is 0 Å². The second-order valence-electron chi connectivity index (χ2n) is 5.01. The molecule has 0 bridgehead atoms. The van der Waals surface area contributed by atoms with E-state index in [0.717, 1.165) is 32.6 Å². The van der Waals surface area contributed by atoms with Crippen molar-refractivity contribution in [1.29, 1.82) is 0 Å². The van der Waals surface area contributed by atoms with E-state index >= 15 is 0 Å². The first-order chi connectivity index (χ1) is 8.75. The van der Waals surface area contributed by atoms with Crippen LogP contribution in [-0.2, 0) is 0 Å². The first-order valence-electron chi connectivity index (χ1n) is 6.46. The Hall–Kier alpha value is -1.62. The van der Waals surface area contributed by atoms with Crippen LogP contribution in [0.2, 0.25) is 0 Å². The smallest absolute Gasteiger partial charge is 0.259 e. The topological polar surface area (TPSA) is 56.4 Å². The Kier molecular flexibility index (Phi) is 2.91. The molecule has 2 aliphatic rings. The Bertz CT molecular complexity index is 511. The van der Waals surface area contributed by atoms with Crippen LogP contribution in [0.25, 0.3) is 0 Å². The second-order valence-corrected chi connectivity index (χ2v) is 5.01. The van der Waals surface area contributed by atoms with Crippen LogP contribution in [0.4, 0.5) is 0 Å². The summed E-state index contributed by atoms with van der Waals surface area (Å²) in [7, 11) is 0. The van der Waals surface area contributed by atoms with Crippen LogP contribution < -0.4 is 5.43 Å². The number of rotatable bonds is 1. The number of carbonyl (C=O) groups excluding carboxylic acids is 1. The van der Waals surface area contributed by atoms with Crippen molar-refractivity contribution >= 4 is 5.91 Å². The van der Waals surface area contributed by atoms with Crippen molar-refractivity contribution < 1.29 is 4.79 Å². The van der Waals surface area contributed by atoms with Gasteiger partial charge in [-0.15, -0.1) is 0 Å². The lowest BCUT2D eigenvalue weighted by molar-refractivity contribution is 0.0570. The first kappa shape index (κ1) is 11.5. The largest absolute Gasteiger partial charge is 0.367 e. The van der Waals surface area contributed by atoms with Gasteiger partial charge < -0.3 is 9.88 Å². The number of pyridine rings is 1. The highest BCUT2D eigenvalue weighted by molar-refractivity contribution is 5.93. The molecule has 0 spiro atoms. The molecular formula is C13H17N3O2. The number of piperazine rings is 1. The van der Waals surface area contributed by atoms with Crippen LogP contribution in [0.15, 0.2) is 23.3 Å². The minimum absolute atomic E-state index is 0.136. The highest BCUT2D eigenvalue weighted by atomic mass is 16.2. The van der Waals surface area contributed by atoms with E-state index in [4.69, 9.17) is 0 Å². The number of amides is 1. The van der Waals surface area contributed by atoms with Crippen molar-refractivity contribution in [2.24, 2.45) is 0 Å². The molecule has 3 rings (SSSR count). The molecule has 0 radical (unpaired) electrons. The average molecular weight is 247 g/mol. The standard InChI is InChI=1S/C13H17N3O2/c17-12-3-4-14-8-11(12)13(18)16-7-6-15-5-1-2-10(15)9-16/h3-4,8,10H,1-2,5-7,9H2,(H,14,17). The number of fused-ring (bicyclic) bond motifs is 1. The summed E-state index contributed by atoms with van der Waals surface area (Å²) in [6, 6.07) is 1.89. The van der Waals surface area contributed by atoms with Crippen molar-refractivity contribution in [3.8, 4) is 0 Å². The lowest BCUT2D eigenvalue weighted by atomic mass is 10.1. The third kappa shape index (κ3) is 1.95. The van der Waals surface area contributed by atoms with Gasteiger partial charge in [0.2, 0.25) is 0 Å². The van der Waals surface area contributed by atoms with Gasteiger partial charge >= 0.3 is 0 Å². The lowest BCUT2D eigenvalue weighted by Crippen LogP contribution is -2.52. The summed E-state index contributed by atoms with van der Waals surface area (Å²) in [5, 5.41) is 0. The van der Waals surface area contributed by atoms with Gasteiger partial charge in [-0.3, -0.25) is 14.5 Å². The maximum Gasteiger partial charge on any atom is 0.259 e. The van der Waals surface area contributed by atoms with Crippen molar-refractivity contribution in [2.75, 3.05) is 26.2 Å². The maximum atomic E-state index is 12.3. The fourth-order valence-corrected chi connectivity index (χ4v) is 2.93. The van der Waals surface area contributed by atoms with E-state index in [1.54, 1.807) is 6.20 Å². The molecule has 1 N–H and O–H groups in total. The minimum atomic E-state index is -0.201. The zero-order valence-electron chi connectivity index (χ0n) is 10.3. The summed E-state index contributed by atoms with van der Waals surface area (Å²) in [5.74, 6) is -0.136.